The van der Waals surface area contributed by atoms with Crippen molar-refractivity contribution in [1.29, 1.82) is 0 Å². The first kappa shape index (κ1) is 13.8. The van der Waals surface area contributed by atoms with E-state index in [9.17, 15) is 9.59 Å². The average Bonchev–Trinajstić information content (AvgIpc) is 2.91. The standard InChI is InChI=1S/C12H8O3.C2H6N2O/c13-10-3-2-9(10)5-8-1-4-11-12(6-8)15-7-14-11;1-2(5)4-3/h1-6H,7H2;3H2,1H3,(H,4,5). The number of nitrogens with one attached hydrogen (secondary N) is 1. The Hall–Kier alpha value is -2.60. The number of nitrogens with two attached hydrogens (primary N) is 1. The van der Waals surface area contributed by atoms with E-state index in [2.05, 4.69) is 5.84 Å². The maximum Gasteiger partial charge on any atom is 0.231 e. The maximum absolute atomic E-state index is 11.1. The van der Waals surface area contributed by atoms with E-state index in [-0.39, 0.29) is 18.5 Å². The van der Waals surface area contributed by atoms with Gasteiger partial charge in [-0.1, -0.05) is 6.07 Å². The molecule has 1 aromatic rings. The molecule has 3 rings (SSSR count). The molecular formula is C14H14N2O4. The van der Waals surface area contributed by atoms with Gasteiger partial charge in [0.1, 0.15) is 0 Å². The zero-order valence-electron chi connectivity index (χ0n) is 10.9. The van der Waals surface area contributed by atoms with Gasteiger partial charge in [0.05, 0.1) is 0 Å². The predicted octanol–water partition coefficient (Wildman–Crippen LogP) is 0.934. The minimum atomic E-state index is -0.218. The van der Waals surface area contributed by atoms with Crippen molar-refractivity contribution in [3.63, 3.8) is 0 Å². The number of ether oxygens (including phenoxy) is 2. The SMILES string of the molecule is CC(=O)NN.O=C1C=CC1=Cc1ccc2c(c1)OCO2. The van der Waals surface area contributed by atoms with Crippen LogP contribution in [0.4, 0.5) is 0 Å². The van der Waals surface area contributed by atoms with Gasteiger partial charge in [-0.2, -0.15) is 0 Å². The van der Waals surface area contributed by atoms with E-state index in [4.69, 9.17) is 9.47 Å². The highest BCUT2D eigenvalue weighted by molar-refractivity contribution is 6.16. The van der Waals surface area contributed by atoms with Crippen LogP contribution in [0.3, 0.4) is 0 Å². The van der Waals surface area contributed by atoms with Crippen molar-refractivity contribution < 1.29 is 19.1 Å². The van der Waals surface area contributed by atoms with E-state index < -0.39 is 0 Å². The highest BCUT2D eigenvalue weighted by Crippen LogP contribution is 2.33. The summed E-state index contributed by atoms with van der Waals surface area (Å²) in [6.45, 7) is 1.62. The monoisotopic (exact) mass is 274 g/mol. The molecule has 104 valence electrons. The second-order valence-electron chi connectivity index (χ2n) is 4.11. The first-order valence-corrected chi connectivity index (χ1v) is 5.91. The Morgan fingerprint density at radius 3 is 2.55 bits per heavy atom. The number of allylic oxidation sites excluding steroid dienone is 3. The third-order valence-electron chi connectivity index (χ3n) is 2.62. The lowest BCUT2D eigenvalue weighted by atomic mass is 9.98. The molecule has 20 heavy (non-hydrogen) atoms. The third kappa shape index (κ3) is 3.24. The average molecular weight is 274 g/mol. The Morgan fingerprint density at radius 1 is 1.30 bits per heavy atom. The molecule has 1 aliphatic carbocycles. The van der Waals surface area contributed by atoms with Crippen LogP contribution in [0.15, 0.2) is 35.9 Å². The summed E-state index contributed by atoms with van der Waals surface area (Å²) in [6.07, 6.45) is 5.19. The Balaban J connectivity index is 0.000000257. The lowest BCUT2D eigenvalue weighted by molar-refractivity contribution is -0.119. The topological polar surface area (TPSA) is 90.7 Å². The molecule has 2 aliphatic rings. The largest absolute Gasteiger partial charge is 0.454 e. The summed E-state index contributed by atoms with van der Waals surface area (Å²) in [6, 6.07) is 5.62. The molecule has 0 unspecified atom stereocenters. The van der Waals surface area contributed by atoms with Crippen molar-refractivity contribution in [2.45, 2.75) is 6.92 Å². The quantitative estimate of drug-likeness (QED) is 0.344. The number of benzene rings is 1. The number of amides is 1. The fourth-order valence-electron chi connectivity index (χ4n) is 1.55. The van der Waals surface area contributed by atoms with Gasteiger partial charge in [-0.15, -0.1) is 0 Å². The van der Waals surface area contributed by atoms with Crippen molar-refractivity contribution in [3.8, 4) is 11.5 Å². The second kappa shape index (κ2) is 6.03. The molecule has 6 heteroatoms. The zero-order chi connectivity index (χ0) is 14.5. The third-order valence-corrected chi connectivity index (χ3v) is 2.62. The number of fused-ring (bicyclic) bond motifs is 1. The smallest absolute Gasteiger partial charge is 0.231 e. The number of hydrazine groups is 1. The molecule has 0 saturated carbocycles. The van der Waals surface area contributed by atoms with Gasteiger partial charge in [0, 0.05) is 12.5 Å². The highest BCUT2D eigenvalue weighted by atomic mass is 16.7. The van der Waals surface area contributed by atoms with E-state index in [1.807, 2.05) is 29.7 Å². The molecule has 1 aromatic carbocycles. The Bertz CT molecular complexity index is 605. The van der Waals surface area contributed by atoms with Crippen molar-refractivity contribution in [2.75, 3.05) is 6.79 Å². The molecule has 1 amide bonds. The van der Waals surface area contributed by atoms with E-state index in [1.165, 1.54) is 6.92 Å². The fourth-order valence-corrected chi connectivity index (χ4v) is 1.55. The summed E-state index contributed by atoms with van der Waals surface area (Å²) < 4.78 is 10.4. The Morgan fingerprint density at radius 2 is 2.00 bits per heavy atom. The van der Waals surface area contributed by atoms with Gasteiger partial charge in [0.15, 0.2) is 17.3 Å². The molecule has 1 aliphatic heterocycles. The van der Waals surface area contributed by atoms with Crippen LogP contribution in [0.2, 0.25) is 0 Å². The number of hydrogen-bond donors (Lipinski definition) is 2. The van der Waals surface area contributed by atoms with Crippen LogP contribution in [0.25, 0.3) is 6.08 Å². The minimum Gasteiger partial charge on any atom is -0.454 e. The molecule has 0 bridgehead atoms. The molecule has 6 nitrogen and oxygen atoms in total. The molecule has 3 N–H and O–H groups in total. The number of rotatable bonds is 1. The normalized spacial score (nSPS) is 16.3. The van der Waals surface area contributed by atoms with Crippen LogP contribution < -0.4 is 20.7 Å². The first-order valence-electron chi connectivity index (χ1n) is 5.91. The van der Waals surface area contributed by atoms with E-state index in [0.717, 1.165) is 22.6 Å². The van der Waals surface area contributed by atoms with E-state index in [1.54, 1.807) is 12.2 Å². The van der Waals surface area contributed by atoms with Crippen LogP contribution in [0, 0.1) is 0 Å². The fraction of sp³-hybridized carbons (Fsp3) is 0.143. The van der Waals surface area contributed by atoms with Gasteiger partial charge in [0.2, 0.25) is 12.7 Å². The summed E-state index contributed by atoms with van der Waals surface area (Å²) in [7, 11) is 0. The highest BCUT2D eigenvalue weighted by Gasteiger charge is 2.14. The van der Waals surface area contributed by atoms with Crippen LogP contribution in [-0.2, 0) is 9.59 Å². The lowest BCUT2D eigenvalue weighted by Gasteiger charge is -2.05. The Kier molecular flexibility index (Phi) is 4.17. The zero-order valence-corrected chi connectivity index (χ0v) is 10.9. The van der Waals surface area contributed by atoms with Gasteiger partial charge in [-0.05, 0) is 35.9 Å². The van der Waals surface area contributed by atoms with Crippen molar-refractivity contribution in [1.82, 2.24) is 5.43 Å². The molecule has 0 spiro atoms. The van der Waals surface area contributed by atoms with Crippen LogP contribution in [0.1, 0.15) is 12.5 Å². The molecule has 0 aromatic heterocycles. The molecule has 0 fully saturated rings. The first-order chi connectivity index (χ1) is 9.60. The Labute approximate surface area is 115 Å². The minimum absolute atomic E-state index is 0.0765. The maximum atomic E-state index is 11.1. The summed E-state index contributed by atoms with van der Waals surface area (Å²) in [5.74, 6) is 5.92. The van der Waals surface area contributed by atoms with Crippen molar-refractivity contribution in [2.24, 2.45) is 5.84 Å². The number of ketones is 1. The van der Waals surface area contributed by atoms with Gasteiger partial charge in [0.25, 0.3) is 0 Å². The van der Waals surface area contributed by atoms with Crippen molar-refractivity contribution in [3.05, 3.63) is 41.5 Å². The summed E-state index contributed by atoms with van der Waals surface area (Å²) >= 11 is 0. The lowest BCUT2D eigenvalue weighted by Crippen LogP contribution is -2.26. The van der Waals surface area contributed by atoms with Gasteiger partial charge in [-0.3, -0.25) is 15.0 Å². The number of carbonyl (C=O) groups excluding carboxylic acids is 2. The van der Waals surface area contributed by atoms with E-state index >= 15 is 0 Å². The number of carbonyl (C=O) groups is 2. The van der Waals surface area contributed by atoms with Crippen LogP contribution >= 0.6 is 0 Å². The van der Waals surface area contributed by atoms with Crippen LogP contribution in [-0.4, -0.2) is 18.5 Å². The molecular weight excluding hydrogens is 260 g/mol. The molecule has 0 saturated heterocycles. The van der Waals surface area contributed by atoms with E-state index in [0.29, 0.717) is 0 Å². The van der Waals surface area contributed by atoms with Gasteiger partial charge >= 0.3 is 0 Å². The van der Waals surface area contributed by atoms with Gasteiger partial charge < -0.3 is 9.47 Å². The second-order valence-corrected chi connectivity index (χ2v) is 4.11. The van der Waals surface area contributed by atoms with Gasteiger partial charge in [-0.25, -0.2) is 5.84 Å². The van der Waals surface area contributed by atoms with Crippen molar-refractivity contribution >= 4 is 17.8 Å². The number of hydrogen-bond acceptors (Lipinski definition) is 5. The molecule has 0 atom stereocenters. The summed E-state index contributed by atoms with van der Waals surface area (Å²) in [5, 5.41) is 0. The molecule has 1 heterocycles. The molecule has 0 radical (unpaired) electrons. The predicted molar refractivity (Wildman–Crippen MR) is 72.7 cm³/mol. The van der Waals surface area contributed by atoms with Crippen LogP contribution in [0.5, 0.6) is 11.5 Å². The summed E-state index contributed by atoms with van der Waals surface area (Å²) in [4.78, 5) is 20.6. The summed E-state index contributed by atoms with van der Waals surface area (Å²) in [5.41, 5.74) is 3.57.